The molecule has 0 saturated carbocycles. The Kier molecular flexibility index (Phi) is 3.90. The molecule has 1 fully saturated rings. The molecule has 0 amide bonds. The Hall–Kier alpha value is -0.860. The normalized spacial score (nSPS) is 23.6. The fraction of sp³-hybridized carbons (Fsp3) is 0.647. The average Bonchev–Trinajstić information content (AvgIpc) is 2.62. The minimum atomic E-state index is 0.530. The van der Waals surface area contributed by atoms with Gasteiger partial charge in [0.15, 0.2) is 0 Å². The first-order chi connectivity index (χ1) is 9.25. The number of piperidine rings is 1. The summed E-state index contributed by atoms with van der Waals surface area (Å²) in [6.45, 7) is 8.63. The van der Waals surface area contributed by atoms with Crippen LogP contribution in [-0.4, -0.2) is 37.6 Å². The van der Waals surface area contributed by atoms with Crippen LogP contribution < -0.4 is 5.32 Å². The number of nitrogens with zero attached hydrogens (tertiary/aromatic N) is 1. The van der Waals surface area contributed by atoms with E-state index in [1.165, 1.54) is 58.4 Å². The lowest BCUT2D eigenvalue weighted by molar-refractivity contribution is 0.132. The second-order valence-corrected chi connectivity index (χ2v) is 6.61. The van der Waals surface area contributed by atoms with Crippen molar-refractivity contribution in [2.24, 2.45) is 5.41 Å². The standard InChI is InChI=1S/C17H26N2/c1-17(8-10-18-11-9-17)14-19-12-6-15-4-2-3-5-16(15)7-13-19/h2-5,18H,6-14H2,1H3. The quantitative estimate of drug-likeness (QED) is 0.877. The molecule has 0 unspecified atom stereocenters. The maximum Gasteiger partial charge on any atom is 0.00365 e. The predicted molar refractivity (Wildman–Crippen MR) is 80.5 cm³/mol. The number of rotatable bonds is 2. The van der Waals surface area contributed by atoms with Crippen LogP contribution in [0, 0.1) is 5.41 Å². The predicted octanol–water partition coefficient (Wildman–Crippen LogP) is 2.48. The van der Waals surface area contributed by atoms with Crippen molar-refractivity contribution in [2.45, 2.75) is 32.6 Å². The molecule has 19 heavy (non-hydrogen) atoms. The third kappa shape index (κ3) is 3.18. The SMILES string of the molecule is CC1(CN2CCc3ccccc3CC2)CCNCC1. The van der Waals surface area contributed by atoms with E-state index in [2.05, 4.69) is 41.4 Å². The zero-order valence-electron chi connectivity index (χ0n) is 12.1. The highest BCUT2D eigenvalue weighted by atomic mass is 15.1. The largest absolute Gasteiger partial charge is 0.317 e. The summed E-state index contributed by atoms with van der Waals surface area (Å²) in [6.07, 6.45) is 5.11. The van der Waals surface area contributed by atoms with Crippen LogP contribution in [0.5, 0.6) is 0 Å². The van der Waals surface area contributed by atoms with Crippen molar-refractivity contribution in [1.29, 1.82) is 0 Å². The maximum atomic E-state index is 3.49. The molecule has 2 aliphatic rings. The number of hydrogen-bond donors (Lipinski definition) is 1. The molecule has 1 aromatic carbocycles. The molecule has 0 aliphatic carbocycles. The fourth-order valence-electron chi connectivity index (χ4n) is 3.60. The van der Waals surface area contributed by atoms with Gasteiger partial charge in [0.25, 0.3) is 0 Å². The summed E-state index contributed by atoms with van der Waals surface area (Å²) >= 11 is 0. The molecular formula is C17H26N2. The van der Waals surface area contributed by atoms with E-state index in [1.54, 1.807) is 11.1 Å². The second-order valence-electron chi connectivity index (χ2n) is 6.61. The highest BCUT2D eigenvalue weighted by molar-refractivity contribution is 5.28. The molecule has 1 N–H and O–H groups in total. The number of fused-ring (bicyclic) bond motifs is 1. The van der Waals surface area contributed by atoms with Gasteiger partial charge in [-0.3, -0.25) is 0 Å². The molecule has 0 bridgehead atoms. The Bertz CT molecular complexity index is 394. The van der Waals surface area contributed by atoms with Gasteiger partial charge in [-0.15, -0.1) is 0 Å². The van der Waals surface area contributed by atoms with Crippen LogP contribution in [0.2, 0.25) is 0 Å². The Morgan fingerprint density at radius 2 is 1.63 bits per heavy atom. The van der Waals surface area contributed by atoms with E-state index in [4.69, 9.17) is 0 Å². The monoisotopic (exact) mass is 258 g/mol. The first kappa shape index (κ1) is 13.1. The van der Waals surface area contributed by atoms with E-state index in [-0.39, 0.29) is 0 Å². The van der Waals surface area contributed by atoms with Crippen molar-refractivity contribution < 1.29 is 0 Å². The van der Waals surface area contributed by atoms with Gasteiger partial charge in [0, 0.05) is 19.6 Å². The van der Waals surface area contributed by atoms with Crippen LogP contribution >= 0.6 is 0 Å². The minimum absolute atomic E-state index is 0.530. The van der Waals surface area contributed by atoms with Crippen molar-refractivity contribution in [3.8, 4) is 0 Å². The van der Waals surface area contributed by atoms with Gasteiger partial charge in [-0.25, -0.2) is 0 Å². The summed E-state index contributed by atoms with van der Waals surface area (Å²) in [5.74, 6) is 0. The summed E-state index contributed by atoms with van der Waals surface area (Å²) < 4.78 is 0. The van der Waals surface area contributed by atoms with E-state index in [9.17, 15) is 0 Å². The lowest BCUT2D eigenvalue weighted by atomic mass is 9.80. The highest BCUT2D eigenvalue weighted by Crippen LogP contribution is 2.29. The summed E-state index contributed by atoms with van der Waals surface area (Å²) in [7, 11) is 0. The van der Waals surface area contributed by atoms with Crippen molar-refractivity contribution in [3.05, 3.63) is 35.4 Å². The fourth-order valence-corrected chi connectivity index (χ4v) is 3.60. The second kappa shape index (κ2) is 5.64. The zero-order chi connectivity index (χ0) is 13.1. The molecule has 0 radical (unpaired) electrons. The van der Waals surface area contributed by atoms with E-state index in [0.29, 0.717) is 5.41 Å². The topological polar surface area (TPSA) is 15.3 Å². The van der Waals surface area contributed by atoms with Gasteiger partial charge in [0.05, 0.1) is 0 Å². The third-order valence-electron chi connectivity index (χ3n) is 4.93. The molecule has 1 saturated heterocycles. The first-order valence-electron chi connectivity index (χ1n) is 7.75. The summed E-state index contributed by atoms with van der Waals surface area (Å²) in [4.78, 5) is 2.70. The Morgan fingerprint density at radius 1 is 1.05 bits per heavy atom. The van der Waals surface area contributed by atoms with E-state index in [1.807, 2.05) is 0 Å². The molecule has 1 aromatic rings. The first-order valence-corrected chi connectivity index (χ1v) is 7.75. The van der Waals surface area contributed by atoms with E-state index < -0.39 is 0 Å². The molecule has 0 atom stereocenters. The lowest BCUT2D eigenvalue weighted by Crippen LogP contribution is -2.43. The highest BCUT2D eigenvalue weighted by Gasteiger charge is 2.29. The molecule has 0 spiro atoms. The van der Waals surface area contributed by atoms with Crippen molar-refractivity contribution in [1.82, 2.24) is 10.2 Å². The average molecular weight is 258 g/mol. The van der Waals surface area contributed by atoms with Crippen LogP contribution in [-0.2, 0) is 12.8 Å². The number of nitrogens with one attached hydrogen (secondary N) is 1. The van der Waals surface area contributed by atoms with E-state index >= 15 is 0 Å². The number of hydrogen-bond acceptors (Lipinski definition) is 2. The molecule has 3 rings (SSSR count). The van der Waals surface area contributed by atoms with Gasteiger partial charge in [0.1, 0.15) is 0 Å². The Morgan fingerprint density at radius 3 is 2.21 bits per heavy atom. The van der Waals surface area contributed by atoms with E-state index in [0.717, 1.165) is 0 Å². The number of benzene rings is 1. The van der Waals surface area contributed by atoms with Gasteiger partial charge in [-0.2, -0.15) is 0 Å². The van der Waals surface area contributed by atoms with Gasteiger partial charge < -0.3 is 10.2 Å². The Balaban J connectivity index is 1.62. The molecule has 2 heteroatoms. The van der Waals surface area contributed by atoms with Crippen LogP contribution in [0.15, 0.2) is 24.3 Å². The maximum absolute atomic E-state index is 3.49. The smallest absolute Gasteiger partial charge is 0.00365 e. The molecular weight excluding hydrogens is 232 g/mol. The van der Waals surface area contributed by atoms with Gasteiger partial charge >= 0.3 is 0 Å². The molecule has 104 valence electrons. The van der Waals surface area contributed by atoms with Crippen LogP contribution in [0.4, 0.5) is 0 Å². The van der Waals surface area contributed by atoms with Crippen LogP contribution in [0.1, 0.15) is 30.9 Å². The molecule has 2 aliphatic heterocycles. The zero-order valence-corrected chi connectivity index (χ0v) is 12.1. The Labute approximate surface area is 117 Å². The minimum Gasteiger partial charge on any atom is -0.317 e. The molecule has 2 heterocycles. The van der Waals surface area contributed by atoms with Gasteiger partial charge in [-0.05, 0) is 55.3 Å². The molecule has 0 aromatic heterocycles. The summed E-state index contributed by atoms with van der Waals surface area (Å²) in [5.41, 5.74) is 3.67. The van der Waals surface area contributed by atoms with Crippen molar-refractivity contribution in [2.75, 3.05) is 32.7 Å². The summed E-state index contributed by atoms with van der Waals surface area (Å²) in [6, 6.07) is 8.99. The summed E-state index contributed by atoms with van der Waals surface area (Å²) in [5, 5.41) is 3.49. The van der Waals surface area contributed by atoms with Gasteiger partial charge in [-0.1, -0.05) is 31.2 Å². The molecule has 2 nitrogen and oxygen atoms in total. The third-order valence-corrected chi connectivity index (χ3v) is 4.93. The van der Waals surface area contributed by atoms with Crippen LogP contribution in [0.25, 0.3) is 0 Å². The van der Waals surface area contributed by atoms with Gasteiger partial charge in [0.2, 0.25) is 0 Å². The van der Waals surface area contributed by atoms with Crippen LogP contribution in [0.3, 0.4) is 0 Å². The van der Waals surface area contributed by atoms with Crippen molar-refractivity contribution in [3.63, 3.8) is 0 Å². The van der Waals surface area contributed by atoms with Crippen molar-refractivity contribution >= 4 is 0 Å². The lowest BCUT2D eigenvalue weighted by Gasteiger charge is -2.38.